The number of fused-ring (bicyclic) bond motifs is 1. The van der Waals surface area contributed by atoms with E-state index in [2.05, 4.69) is 19.2 Å². The van der Waals surface area contributed by atoms with Crippen molar-refractivity contribution in [3.05, 3.63) is 53.6 Å². The van der Waals surface area contributed by atoms with Gasteiger partial charge in [0.25, 0.3) is 5.91 Å². The van der Waals surface area contributed by atoms with Gasteiger partial charge < -0.3 is 10.1 Å². The highest BCUT2D eigenvalue weighted by Gasteiger charge is 2.30. The Morgan fingerprint density at radius 1 is 1.15 bits per heavy atom. The maximum Gasteiger partial charge on any atom is 0.268 e. The van der Waals surface area contributed by atoms with E-state index in [1.807, 2.05) is 43.3 Å². The summed E-state index contributed by atoms with van der Waals surface area (Å²) >= 11 is 0. The predicted octanol–water partition coefficient (Wildman–Crippen LogP) is 3.87. The van der Waals surface area contributed by atoms with Gasteiger partial charge in [-0.25, -0.2) is 0 Å². The maximum absolute atomic E-state index is 13.0. The molecule has 1 heterocycles. The first-order chi connectivity index (χ1) is 12.4. The average molecular weight is 352 g/mol. The van der Waals surface area contributed by atoms with Crippen LogP contribution in [0.15, 0.2) is 42.5 Å². The lowest BCUT2D eigenvalue weighted by Crippen LogP contribution is -2.47. The summed E-state index contributed by atoms with van der Waals surface area (Å²) in [5, 5.41) is 2.79. The van der Waals surface area contributed by atoms with E-state index in [9.17, 15) is 9.59 Å². The second kappa shape index (κ2) is 7.20. The zero-order valence-electron chi connectivity index (χ0n) is 15.6. The lowest BCUT2D eigenvalue weighted by molar-refractivity contribution is -0.126. The molecule has 0 unspecified atom stereocenters. The van der Waals surface area contributed by atoms with Crippen LogP contribution in [0.25, 0.3) is 0 Å². The van der Waals surface area contributed by atoms with Crippen molar-refractivity contribution >= 4 is 23.2 Å². The number of aryl methyl sites for hydroxylation is 1. The molecule has 0 fully saturated rings. The molecule has 0 bridgehead atoms. The molecule has 1 aliphatic heterocycles. The molecule has 2 aromatic rings. The Kier molecular flexibility index (Phi) is 4.98. The molecule has 5 heteroatoms. The smallest absolute Gasteiger partial charge is 0.268 e. The number of ether oxygens (including phenoxy) is 1. The fourth-order valence-corrected chi connectivity index (χ4v) is 3.11. The lowest BCUT2D eigenvalue weighted by atomic mass is 10.0. The predicted molar refractivity (Wildman–Crippen MR) is 103 cm³/mol. The molecule has 0 saturated heterocycles. The van der Waals surface area contributed by atoms with Crippen LogP contribution in [0.5, 0.6) is 5.75 Å². The Bertz CT molecular complexity index is 845. The molecule has 1 aliphatic rings. The minimum absolute atomic E-state index is 0.00555. The van der Waals surface area contributed by atoms with E-state index in [4.69, 9.17) is 4.74 Å². The minimum atomic E-state index is -0.701. The Morgan fingerprint density at radius 3 is 2.62 bits per heavy atom. The normalized spacial score (nSPS) is 14.7. The Hall–Kier alpha value is -2.82. The van der Waals surface area contributed by atoms with Crippen LogP contribution in [0, 0.1) is 6.92 Å². The number of hydrogen-bond donors (Lipinski definition) is 1. The Morgan fingerprint density at radius 2 is 1.88 bits per heavy atom. The van der Waals surface area contributed by atoms with Crippen molar-refractivity contribution in [1.82, 2.24) is 0 Å². The first-order valence-corrected chi connectivity index (χ1v) is 8.84. The van der Waals surface area contributed by atoms with Gasteiger partial charge in [-0.3, -0.25) is 14.5 Å². The van der Waals surface area contributed by atoms with Crippen LogP contribution < -0.4 is 15.0 Å². The topological polar surface area (TPSA) is 58.6 Å². The summed E-state index contributed by atoms with van der Waals surface area (Å²) in [6, 6.07) is 13.3. The lowest BCUT2D eigenvalue weighted by Gasteiger charge is -2.31. The Labute approximate surface area is 154 Å². The molecule has 0 saturated carbocycles. The van der Waals surface area contributed by atoms with Gasteiger partial charge in [0.15, 0.2) is 6.10 Å². The van der Waals surface area contributed by atoms with Crippen LogP contribution in [0.4, 0.5) is 11.4 Å². The van der Waals surface area contributed by atoms with Gasteiger partial charge in [0.1, 0.15) is 12.3 Å². The number of anilines is 2. The first kappa shape index (κ1) is 18.0. The fourth-order valence-electron chi connectivity index (χ4n) is 3.11. The number of nitrogens with zero attached hydrogens (tertiary/aromatic N) is 1. The monoisotopic (exact) mass is 352 g/mol. The highest BCUT2D eigenvalue weighted by molar-refractivity contribution is 6.10. The number of carbonyl (C=O) groups excluding carboxylic acids is 2. The van der Waals surface area contributed by atoms with Gasteiger partial charge in [-0.1, -0.05) is 38.1 Å². The number of rotatable bonds is 4. The first-order valence-electron chi connectivity index (χ1n) is 8.84. The van der Waals surface area contributed by atoms with Crippen LogP contribution in [-0.4, -0.2) is 24.5 Å². The van der Waals surface area contributed by atoms with Crippen LogP contribution in [0.2, 0.25) is 0 Å². The molecule has 1 N–H and O–H groups in total. The van der Waals surface area contributed by atoms with Gasteiger partial charge in [-0.15, -0.1) is 0 Å². The number of carbonyl (C=O) groups is 2. The van der Waals surface area contributed by atoms with Gasteiger partial charge in [0.2, 0.25) is 5.91 Å². The molecule has 0 aliphatic carbocycles. The quantitative estimate of drug-likeness (QED) is 0.909. The minimum Gasteiger partial charge on any atom is -0.481 e. The molecule has 0 radical (unpaired) electrons. The summed E-state index contributed by atoms with van der Waals surface area (Å²) in [6.07, 6.45) is -0.701. The molecule has 0 spiro atoms. The third-order valence-electron chi connectivity index (χ3n) is 4.48. The summed E-state index contributed by atoms with van der Waals surface area (Å²) < 4.78 is 6.03. The van der Waals surface area contributed by atoms with Crippen molar-refractivity contribution in [1.29, 1.82) is 0 Å². The van der Waals surface area contributed by atoms with E-state index in [0.717, 1.165) is 16.9 Å². The van der Waals surface area contributed by atoms with Crippen molar-refractivity contribution in [2.75, 3.05) is 16.8 Å². The molecule has 5 nitrogen and oxygen atoms in total. The third-order valence-corrected chi connectivity index (χ3v) is 4.48. The molecule has 0 aromatic heterocycles. The largest absolute Gasteiger partial charge is 0.481 e. The standard InChI is InChI=1S/C21H24N2O3/c1-13(2)16-10-9-14(3)11-19(16)26-15(4)21(25)23-12-20(24)22-17-7-5-6-8-18(17)23/h5-11,13,15H,12H2,1-4H3,(H,22,24)/t15-/m0/s1. The second-order valence-corrected chi connectivity index (χ2v) is 6.95. The molecular weight excluding hydrogens is 328 g/mol. The second-order valence-electron chi connectivity index (χ2n) is 6.95. The number of hydrogen-bond acceptors (Lipinski definition) is 3. The Balaban J connectivity index is 1.85. The average Bonchev–Trinajstić information content (AvgIpc) is 2.60. The van der Waals surface area contributed by atoms with Crippen LogP contribution in [-0.2, 0) is 9.59 Å². The van der Waals surface area contributed by atoms with E-state index in [0.29, 0.717) is 11.4 Å². The van der Waals surface area contributed by atoms with Crippen molar-refractivity contribution in [3.63, 3.8) is 0 Å². The van der Waals surface area contributed by atoms with Gasteiger partial charge in [-0.05, 0) is 49.1 Å². The van der Waals surface area contributed by atoms with Gasteiger partial charge >= 0.3 is 0 Å². The van der Waals surface area contributed by atoms with E-state index in [1.54, 1.807) is 13.0 Å². The number of nitrogens with one attached hydrogen (secondary N) is 1. The van der Waals surface area contributed by atoms with Crippen molar-refractivity contribution < 1.29 is 14.3 Å². The fraction of sp³-hybridized carbons (Fsp3) is 0.333. The van der Waals surface area contributed by atoms with E-state index < -0.39 is 6.10 Å². The van der Waals surface area contributed by atoms with Gasteiger partial charge in [0.05, 0.1) is 11.4 Å². The van der Waals surface area contributed by atoms with Crippen LogP contribution in [0.1, 0.15) is 37.8 Å². The summed E-state index contributed by atoms with van der Waals surface area (Å²) in [5.74, 6) is 0.566. The molecule has 26 heavy (non-hydrogen) atoms. The molecule has 136 valence electrons. The van der Waals surface area contributed by atoms with Crippen molar-refractivity contribution in [2.24, 2.45) is 0 Å². The van der Waals surface area contributed by atoms with Crippen LogP contribution in [0.3, 0.4) is 0 Å². The third kappa shape index (κ3) is 3.57. The zero-order chi connectivity index (χ0) is 18.8. The van der Waals surface area contributed by atoms with Crippen LogP contribution >= 0.6 is 0 Å². The molecule has 2 amide bonds. The van der Waals surface area contributed by atoms with Gasteiger partial charge in [-0.2, -0.15) is 0 Å². The van der Waals surface area contributed by atoms with Crippen molar-refractivity contribution in [2.45, 2.75) is 39.7 Å². The van der Waals surface area contributed by atoms with Gasteiger partial charge in [0, 0.05) is 0 Å². The highest BCUT2D eigenvalue weighted by atomic mass is 16.5. The summed E-state index contributed by atoms with van der Waals surface area (Å²) in [7, 11) is 0. The highest BCUT2D eigenvalue weighted by Crippen LogP contribution is 2.31. The number of benzene rings is 2. The maximum atomic E-state index is 13.0. The SMILES string of the molecule is Cc1ccc(C(C)C)c(O[C@@H](C)C(=O)N2CC(=O)Nc3ccccc32)c1. The number of para-hydroxylation sites is 2. The summed E-state index contributed by atoms with van der Waals surface area (Å²) in [4.78, 5) is 26.5. The van der Waals surface area contributed by atoms with E-state index in [-0.39, 0.29) is 24.3 Å². The number of amides is 2. The van der Waals surface area contributed by atoms with E-state index >= 15 is 0 Å². The summed E-state index contributed by atoms with van der Waals surface area (Å²) in [5.41, 5.74) is 3.47. The molecular formula is C21H24N2O3. The molecule has 1 atom stereocenters. The van der Waals surface area contributed by atoms with E-state index in [1.165, 1.54) is 4.90 Å². The molecule has 3 rings (SSSR count). The summed E-state index contributed by atoms with van der Waals surface area (Å²) in [6.45, 7) is 7.90. The zero-order valence-corrected chi connectivity index (χ0v) is 15.6. The van der Waals surface area contributed by atoms with Crippen molar-refractivity contribution in [3.8, 4) is 5.75 Å². The molecule has 2 aromatic carbocycles.